The van der Waals surface area contributed by atoms with Gasteiger partial charge in [-0.1, -0.05) is 30.4 Å². The Labute approximate surface area is 116 Å². The lowest BCUT2D eigenvalue weighted by molar-refractivity contribution is 0.0921. The second-order valence-corrected chi connectivity index (χ2v) is 4.89. The van der Waals surface area contributed by atoms with Crippen molar-refractivity contribution in [3.05, 3.63) is 10.6 Å². The summed E-state index contributed by atoms with van der Waals surface area (Å²) in [4.78, 5) is 12.7. The number of nitrogens with one attached hydrogen (secondary N) is 1. The molecule has 1 aromatic heterocycles. The van der Waals surface area contributed by atoms with Gasteiger partial charge < -0.3 is 16.3 Å². The Bertz CT molecular complexity index is 467. The molecule has 0 atom stereocenters. The topological polar surface area (TPSA) is 113 Å². The second-order valence-electron chi connectivity index (χ2n) is 4.13. The summed E-state index contributed by atoms with van der Waals surface area (Å²) in [6.45, 7) is 5.64. The Morgan fingerprint density at radius 3 is 2.58 bits per heavy atom. The molecule has 0 saturated carbocycles. The number of aromatic nitrogens is 2. The van der Waals surface area contributed by atoms with Gasteiger partial charge in [0.2, 0.25) is 0 Å². The monoisotopic (exact) mass is 285 g/mol. The van der Waals surface area contributed by atoms with Crippen LogP contribution in [0.1, 0.15) is 49.0 Å². The van der Waals surface area contributed by atoms with E-state index in [0.717, 1.165) is 11.5 Å². The highest BCUT2D eigenvalue weighted by atomic mass is 32.1. The molecule has 1 amide bonds. The lowest BCUT2D eigenvalue weighted by atomic mass is 9.91. The van der Waals surface area contributed by atoms with Crippen molar-refractivity contribution in [2.75, 3.05) is 0 Å². The summed E-state index contributed by atoms with van der Waals surface area (Å²) in [6, 6.07) is 0. The summed E-state index contributed by atoms with van der Waals surface area (Å²) in [7, 11) is 0. The van der Waals surface area contributed by atoms with Crippen LogP contribution in [0.2, 0.25) is 0 Å². The molecule has 7 nitrogen and oxygen atoms in total. The summed E-state index contributed by atoms with van der Waals surface area (Å²) in [6.07, 6.45) is 1.69. The third-order valence-electron chi connectivity index (χ3n) is 3.25. The normalized spacial score (nSPS) is 12.5. The second kappa shape index (κ2) is 6.46. The number of hydrogen-bond donors (Lipinski definition) is 3. The molecule has 0 radical (unpaired) electrons. The minimum atomic E-state index is -0.846. The highest BCUT2D eigenvalue weighted by molar-refractivity contribution is 7.08. The number of hydrogen-bond acceptors (Lipinski definition) is 6. The molecule has 1 rings (SSSR count). The van der Waals surface area contributed by atoms with E-state index < -0.39 is 5.54 Å². The summed E-state index contributed by atoms with van der Waals surface area (Å²) in [5, 5.41) is 18.6. The van der Waals surface area contributed by atoms with Crippen LogP contribution in [-0.2, 0) is 6.42 Å². The fourth-order valence-corrected chi connectivity index (χ4v) is 2.48. The number of oxime groups is 1. The van der Waals surface area contributed by atoms with E-state index in [4.69, 9.17) is 10.9 Å². The van der Waals surface area contributed by atoms with Gasteiger partial charge in [0, 0.05) is 0 Å². The zero-order chi connectivity index (χ0) is 14.5. The minimum Gasteiger partial charge on any atom is -0.409 e. The van der Waals surface area contributed by atoms with E-state index >= 15 is 0 Å². The number of aryl methyl sites for hydroxylation is 1. The Hall–Kier alpha value is -1.70. The molecule has 1 heterocycles. The standard InChI is InChI=1S/C11H19N5O2S/c1-4-7-8(19-16-14-7)9(17)13-11(5-2,6-3)10(12)15-18/h18H,4-6H2,1-3H3,(H2,12,15)(H,13,17). The molecule has 0 unspecified atom stereocenters. The van der Waals surface area contributed by atoms with E-state index in [-0.39, 0.29) is 11.7 Å². The molecule has 0 aromatic carbocycles. The Morgan fingerprint density at radius 1 is 1.47 bits per heavy atom. The number of rotatable bonds is 6. The van der Waals surface area contributed by atoms with Gasteiger partial charge in [0.15, 0.2) is 5.84 Å². The lowest BCUT2D eigenvalue weighted by Crippen LogP contribution is -2.56. The van der Waals surface area contributed by atoms with Gasteiger partial charge in [-0.05, 0) is 30.8 Å². The maximum absolute atomic E-state index is 12.3. The van der Waals surface area contributed by atoms with Crippen molar-refractivity contribution in [2.24, 2.45) is 10.9 Å². The van der Waals surface area contributed by atoms with Crippen molar-refractivity contribution in [3.63, 3.8) is 0 Å². The SMILES string of the molecule is CCc1nnsc1C(=O)NC(CC)(CC)C(N)=NO. The first kappa shape index (κ1) is 15.4. The van der Waals surface area contributed by atoms with Crippen LogP contribution >= 0.6 is 11.5 Å². The predicted molar refractivity (Wildman–Crippen MR) is 73.5 cm³/mol. The van der Waals surface area contributed by atoms with Crippen LogP contribution in [0.25, 0.3) is 0 Å². The first-order valence-electron chi connectivity index (χ1n) is 6.16. The number of carbonyl (C=O) groups is 1. The molecule has 0 aliphatic rings. The average Bonchev–Trinajstić information content (AvgIpc) is 2.92. The summed E-state index contributed by atoms with van der Waals surface area (Å²) in [5.41, 5.74) is 5.51. The van der Waals surface area contributed by atoms with Gasteiger partial charge in [0.25, 0.3) is 5.91 Å². The summed E-state index contributed by atoms with van der Waals surface area (Å²) >= 11 is 1.05. The van der Waals surface area contributed by atoms with Crippen LogP contribution in [0.5, 0.6) is 0 Å². The van der Waals surface area contributed by atoms with Crippen LogP contribution in [0.15, 0.2) is 5.16 Å². The van der Waals surface area contributed by atoms with E-state index in [2.05, 4.69) is 20.1 Å². The summed E-state index contributed by atoms with van der Waals surface area (Å²) < 4.78 is 3.78. The fourth-order valence-electron chi connectivity index (χ4n) is 1.84. The van der Waals surface area contributed by atoms with Crippen LogP contribution < -0.4 is 11.1 Å². The Morgan fingerprint density at radius 2 is 2.11 bits per heavy atom. The van der Waals surface area contributed by atoms with E-state index in [1.54, 1.807) is 0 Å². The van der Waals surface area contributed by atoms with Crippen LogP contribution in [0.3, 0.4) is 0 Å². The summed E-state index contributed by atoms with van der Waals surface area (Å²) in [5.74, 6) is -0.288. The van der Waals surface area contributed by atoms with Gasteiger partial charge in [-0.15, -0.1) is 5.10 Å². The fraction of sp³-hybridized carbons (Fsp3) is 0.636. The van der Waals surface area contributed by atoms with Crippen LogP contribution in [0, 0.1) is 0 Å². The van der Waals surface area contributed by atoms with E-state index in [1.807, 2.05) is 20.8 Å². The molecule has 4 N–H and O–H groups in total. The lowest BCUT2D eigenvalue weighted by Gasteiger charge is -2.31. The molecule has 0 aliphatic heterocycles. The van der Waals surface area contributed by atoms with Gasteiger partial charge in [-0.2, -0.15) is 0 Å². The van der Waals surface area contributed by atoms with Crippen molar-refractivity contribution < 1.29 is 10.0 Å². The van der Waals surface area contributed by atoms with Gasteiger partial charge in [0.1, 0.15) is 10.4 Å². The maximum atomic E-state index is 12.3. The Kier molecular flexibility index (Phi) is 5.22. The van der Waals surface area contributed by atoms with Crippen LogP contribution in [-0.4, -0.2) is 32.1 Å². The zero-order valence-electron chi connectivity index (χ0n) is 11.3. The molecule has 0 saturated heterocycles. The molecule has 0 fully saturated rings. The van der Waals surface area contributed by atoms with Crippen molar-refractivity contribution in [1.29, 1.82) is 0 Å². The van der Waals surface area contributed by atoms with Gasteiger partial charge >= 0.3 is 0 Å². The van der Waals surface area contributed by atoms with Gasteiger partial charge in [-0.25, -0.2) is 0 Å². The van der Waals surface area contributed by atoms with Crippen LogP contribution in [0.4, 0.5) is 0 Å². The first-order valence-corrected chi connectivity index (χ1v) is 6.93. The number of amidine groups is 1. The number of carbonyl (C=O) groups excluding carboxylic acids is 1. The molecular weight excluding hydrogens is 266 g/mol. The number of nitrogens with zero attached hydrogens (tertiary/aromatic N) is 3. The highest BCUT2D eigenvalue weighted by Crippen LogP contribution is 2.18. The van der Waals surface area contributed by atoms with E-state index in [1.165, 1.54) is 0 Å². The largest absolute Gasteiger partial charge is 0.409 e. The minimum absolute atomic E-state index is 0.00127. The number of amides is 1. The highest BCUT2D eigenvalue weighted by Gasteiger charge is 2.34. The van der Waals surface area contributed by atoms with Crippen molar-refractivity contribution >= 4 is 23.3 Å². The predicted octanol–water partition coefficient (Wildman–Crippen LogP) is 1.14. The van der Waals surface area contributed by atoms with Crippen molar-refractivity contribution in [3.8, 4) is 0 Å². The van der Waals surface area contributed by atoms with E-state index in [9.17, 15) is 4.79 Å². The molecule has 0 aliphatic carbocycles. The average molecular weight is 285 g/mol. The quantitative estimate of drug-likeness (QED) is 0.314. The molecule has 0 spiro atoms. The molecular formula is C11H19N5O2S. The molecule has 19 heavy (non-hydrogen) atoms. The third kappa shape index (κ3) is 3.01. The molecule has 8 heteroatoms. The maximum Gasteiger partial charge on any atom is 0.265 e. The zero-order valence-corrected chi connectivity index (χ0v) is 12.1. The molecule has 1 aromatic rings. The smallest absolute Gasteiger partial charge is 0.265 e. The first-order chi connectivity index (χ1) is 9.04. The molecule has 0 bridgehead atoms. The van der Waals surface area contributed by atoms with Gasteiger partial charge in [0.05, 0.1) is 5.69 Å². The van der Waals surface area contributed by atoms with Crippen molar-refractivity contribution in [2.45, 2.75) is 45.6 Å². The van der Waals surface area contributed by atoms with Crippen molar-refractivity contribution in [1.82, 2.24) is 14.9 Å². The number of nitrogens with two attached hydrogens (primary N) is 1. The third-order valence-corrected chi connectivity index (χ3v) is 4.02. The Balaban J connectivity index is 3.01. The van der Waals surface area contributed by atoms with Gasteiger partial charge in [-0.3, -0.25) is 4.79 Å². The van der Waals surface area contributed by atoms with E-state index in [0.29, 0.717) is 29.8 Å². The molecule has 106 valence electrons.